The zero-order valence-electron chi connectivity index (χ0n) is 54.9. The average molecular weight is 1510 g/mol. The largest absolute Gasteiger partial charge is 0.494 e. The number of halogens is 5. The van der Waals surface area contributed by atoms with E-state index in [1.165, 1.54) is 23.3 Å². The number of fused-ring (bicyclic) bond motifs is 4. The van der Waals surface area contributed by atoms with Crippen molar-refractivity contribution in [1.29, 1.82) is 0 Å². The molecule has 4 heterocycles. The van der Waals surface area contributed by atoms with Crippen LogP contribution in [0, 0.1) is 20.8 Å². The van der Waals surface area contributed by atoms with Gasteiger partial charge in [0.15, 0.2) is 0 Å². The number of nitrogens with zero attached hydrogens (tertiary/aromatic N) is 1. The molecule has 0 atom stereocenters. The minimum Gasteiger partial charge on any atom is -0.494 e. The monoisotopic (exact) mass is 1510 g/mol. The highest BCUT2D eigenvalue weighted by Gasteiger charge is 2.27. The zero-order valence-corrected chi connectivity index (χ0v) is 61.1. The fourth-order valence-corrected chi connectivity index (χ4v) is 14.5. The van der Waals surface area contributed by atoms with Crippen molar-refractivity contribution in [2.45, 2.75) is 83.5 Å². The molecule has 7 aromatic carbocycles. The van der Waals surface area contributed by atoms with Crippen molar-refractivity contribution < 1.29 is 53.8 Å². The summed E-state index contributed by atoms with van der Waals surface area (Å²) in [4.78, 5) is 52.0. The molecular weight excluding hydrogens is 1440 g/mol. The fraction of sp³-hybridized carbons (Fsp3) is 0.233. The molecule has 0 spiro atoms. The maximum Gasteiger partial charge on any atom is 0.281 e. The minimum absolute atomic E-state index is 0.0136. The van der Waals surface area contributed by atoms with Crippen LogP contribution in [0.3, 0.4) is 0 Å². The molecule has 0 radical (unpaired) electrons. The number of amides is 3. The summed E-state index contributed by atoms with van der Waals surface area (Å²) in [5.74, 6) is 0.121. The molecule has 6 N–H and O–H groups in total. The van der Waals surface area contributed by atoms with Gasteiger partial charge in [-0.05, 0) is 196 Å². The van der Waals surface area contributed by atoms with Gasteiger partial charge >= 0.3 is 0 Å². The number of benzene rings is 7. The van der Waals surface area contributed by atoms with Gasteiger partial charge in [-0.3, -0.25) is 19.4 Å². The summed E-state index contributed by atoms with van der Waals surface area (Å²) in [6.45, 7) is 7.14. The molecule has 0 saturated heterocycles. The van der Waals surface area contributed by atoms with E-state index < -0.39 is 47.8 Å². The number of para-hydroxylation sites is 1. The number of ether oxygens (including phenoxy) is 3. The number of hydrogen-bond donors (Lipinski definition) is 6. The van der Waals surface area contributed by atoms with Gasteiger partial charge in [-0.1, -0.05) is 119 Å². The second-order valence-electron chi connectivity index (χ2n) is 23.9. The number of H-pyrrole nitrogens is 3. The Bertz CT molecular complexity index is 5240. The van der Waals surface area contributed by atoms with Crippen molar-refractivity contribution in [3.05, 3.63) is 239 Å². The van der Waals surface area contributed by atoms with E-state index >= 15 is 0 Å². The molecule has 1 aliphatic carbocycles. The molecule has 3 amide bonds. The molecule has 1 aliphatic rings. The van der Waals surface area contributed by atoms with Crippen molar-refractivity contribution in [2.75, 3.05) is 32.3 Å². The van der Waals surface area contributed by atoms with E-state index in [4.69, 9.17) is 72.2 Å². The summed E-state index contributed by atoms with van der Waals surface area (Å²) in [5, 5.41) is 5.08. The average Bonchev–Trinajstić information content (AvgIpc) is 1.62. The van der Waals surface area contributed by atoms with Gasteiger partial charge in [-0.15, -0.1) is 0 Å². The molecule has 522 valence electrons. The maximum absolute atomic E-state index is 13.5. The molecule has 0 saturated carbocycles. The van der Waals surface area contributed by atoms with Gasteiger partial charge in [-0.25, -0.2) is 39.4 Å². The standard InChI is InChI=1S/C32H30ClN3O4S.C22H23ClN2O4S.C19H17Cl3N2O4S/c1-20-14-15-34-19-28(20)27-12-7-11-25-26(13-8-16-40-23-17-21(2)29(33)22(3)18-23)31(35-30(25)27)32(37)36-41(38,39)24-9-5-4-6-10-24;1-30(27,28)25-22(26)21-18(17-11-10-15(23)13-19(17)24-21)8-4-12-29-20-9-3-6-14-5-2-7-16(14)20;1-29(26,27)24-19(25)18-14(13-6-4-11(20)9-17(13)23-18)3-2-8-28-12-5-7-15(21)16(22)10-12/h4-7,9-12,14-15,17-19,35H,8,13,16H2,1-3H3,(H,36,37);3,6,9-11,13,24H,2,4-5,7-8,12H2,1H3,(H,25,26);4-7,9-10,23H,2-3,8H2,1H3,(H,24,25). The van der Waals surface area contributed by atoms with Crippen molar-refractivity contribution in [3.63, 3.8) is 0 Å². The molecule has 19 nitrogen and oxygen atoms in total. The molecule has 0 aliphatic heterocycles. The lowest BCUT2D eigenvalue weighted by molar-refractivity contribution is 0.0967. The normalized spacial score (nSPS) is 12.1. The van der Waals surface area contributed by atoms with Crippen molar-refractivity contribution in [2.24, 2.45) is 0 Å². The number of carbonyl (C=O) groups is 3. The zero-order chi connectivity index (χ0) is 71.6. The number of sulfonamides is 3. The Morgan fingerprint density at radius 1 is 0.500 bits per heavy atom. The topological polar surface area (TPSA) is 278 Å². The minimum atomic E-state index is -4.07. The number of pyridine rings is 1. The third-order valence-corrected chi connectivity index (χ3v) is 20.7. The Hall–Kier alpha value is -8.58. The Kier molecular flexibility index (Phi) is 24.0. The summed E-state index contributed by atoms with van der Waals surface area (Å²) in [5.41, 5.74) is 12.2. The second-order valence-corrected chi connectivity index (χ2v) is 31.2. The van der Waals surface area contributed by atoms with Crippen LogP contribution in [-0.2, 0) is 62.2 Å². The van der Waals surface area contributed by atoms with Gasteiger partial charge in [0.1, 0.15) is 34.3 Å². The van der Waals surface area contributed by atoms with Crippen molar-refractivity contribution >= 4 is 139 Å². The van der Waals surface area contributed by atoms with Crippen LogP contribution in [0.4, 0.5) is 0 Å². The van der Waals surface area contributed by atoms with Crippen molar-refractivity contribution in [3.8, 4) is 28.4 Å². The smallest absolute Gasteiger partial charge is 0.281 e. The highest BCUT2D eigenvalue weighted by Crippen LogP contribution is 2.36. The summed E-state index contributed by atoms with van der Waals surface area (Å²) >= 11 is 30.2. The van der Waals surface area contributed by atoms with E-state index in [0.29, 0.717) is 101 Å². The van der Waals surface area contributed by atoms with E-state index in [0.717, 1.165) is 109 Å². The Labute approximate surface area is 604 Å². The lowest BCUT2D eigenvalue weighted by Gasteiger charge is -2.11. The van der Waals surface area contributed by atoms with Crippen molar-refractivity contribution in [1.82, 2.24) is 34.1 Å². The van der Waals surface area contributed by atoms with Crippen LogP contribution in [-0.4, -0.2) is 95.2 Å². The number of nitrogens with one attached hydrogen (secondary N) is 6. The molecule has 0 bridgehead atoms. The molecule has 0 unspecified atom stereocenters. The molecular formula is C73H70Cl5N7O12S3. The van der Waals surface area contributed by atoms with Crippen LogP contribution < -0.4 is 28.4 Å². The Morgan fingerprint density at radius 2 is 1.04 bits per heavy atom. The van der Waals surface area contributed by atoms with Crippen LogP contribution in [0.25, 0.3) is 43.8 Å². The van der Waals surface area contributed by atoms with Gasteiger partial charge in [0.05, 0.1) is 52.8 Å². The van der Waals surface area contributed by atoms with Gasteiger partial charge < -0.3 is 29.2 Å². The Morgan fingerprint density at radius 3 is 1.61 bits per heavy atom. The van der Waals surface area contributed by atoms with Crippen LogP contribution in [0.15, 0.2) is 157 Å². The fourth-order valence-electron chi connectivity index (χ4n) is 11.9. The molecule has 100 heavy (non-hydrogen) atoms. The van der Waals surface area contributed by atoms with Crippen LogP contribution in [0.2, 0.25) is 25.1 Å². The number of rotatable bonds is 23. The molecule has 27 heteroatoms. The number of carbonyl (C=O) groups excluding carboxylic acids is 3. The predicted molar refractivity (Wildman–Crippen MR) is 396 cm³/mol. The predicted octanol–water partition coefficient (Wildman–Crippen LogP) is 15.8. The number of aryl methyl sites for hydroxylation is 7. The number of aromatic amines is 3. The number of hydrogen-bond acceptors (Lipinski definition) is 13. The molecule has 11 aromatic rings. The summed E-state index contributed by atoms with van der Waals surface area (Å²) in [6, 6.07) is 41.1. The summed E-state index contributed by atoms with van der Waals surface area (Å²) in [6.07, 6.45) is 12.1. The first-order valence-corrected chi connectivity index (χ1v) is 38.8. The van der Waals surface area contributed by atoms with Gasteiger partial charge in [-0.2, -0.15) is 0 Å². The molecule has 12 rings (SSSR count). The van der Waals surface area contributed by atoms with E-state index in [1.807, 2.05) is 84.8 Å². The van der Waals surface area contributed by atoms with E-state index in [-0.39, 0.29) is 22.0 Å². The summed E-state index contributed by atoms with van der Waals surface area (Å²) < 4.78 is 95.9. The first-order valence-electron chi connectivity index (χ1n) is 31.6. The van der Waals surface area contributed by atoms with Gasteiger partial charge in [0.25, 0.3) is 27.7 Å². The Balaban J connectivity index is 0.000000166. The first-order chi connectivity index (χ1) is 47.6. The lowest BCUT2D eigenvalue weighted by Crippen LogP contribution is -2.31. The van der Waals surface area contributed by atoms with Crippen LogP contribution in [0.1, 0.15) is 102 Å². The van der Waals surface area contributed by atoms with Gasteiger partial charge in [0.2, 0.25) is 20.0 Å². The molecule has 4 aromatic heterocycles. The third kappa shape index (κ3) is 18.7. The van der Waals surface area contributed by atoms with Gasteiger partial charge in [0, 0.05) is 71.8 Å². The first kappa shape index (κ1) is 74.1. The van der Waals surface area contributed by atoms with Crippen LogP contribution in [0.5, 0.6) is 17.2 Å². The highest BCUT2D eigenvalue weighted by atomic mass is 35.5. The lowest BCUT2D eigenvalue weighted by atomic mass is 9.98. The van der Waals surface area contributed by atoms with E-state index in [9.17, 15) is 39.6 Å². The van der Waals surface area contributed by atoms with E-state index in [1.54, 1.807) is 79.1 Å². The maximum atomic E-state index is 13.5. The molecule has 0 fully saturated rings. The van der Waals surface area contributed by atoms with Crippen LogP contribution >= 0.6 is 58.0 Å². The highest BCUT2D eigenvalue weighted by molar-refractivity contribution is 7.90. The second kappa shape index (κ2) is 32.4. The summed E-state index contributed by atoms with van der Waals surface area (Å²) in [7, 11) is -11.4. The third-order valence-electron chi connectivity index (χ3n) is 16.4. The SMILES string of the molecule is CS(=O)(=O)NC(=O)c1[nH]c2cc(Cl)ccc2c1CCCOc1ccc(Cl)c(Cl)c1.CS(=O)(=O)NC(=O)c1[nH]c2cc(Cl)ccc2c1CCCOc1cccc2c1CCC2.Cc1ccncc1-c1cccc2c(CCCOc3cc(C)c(Cl)c(C)c3)c(C(=O)NS(=O)(=O)c3ccccc3)[nH]c12. The quantitative estimate of drug-likeness (QED) is 0.0325. The van der Waals surface area contributed by atoms with E-state index in [2.05, 4.69) is 30.7 Å². The number of aromatic nitrogens is 4.